The van der Waals surface area contributed by atoms with Crippen LogP contribution in [0.2, 0.25) is 0 Å². The van der Waals surface area contributed by atoms with Gasteiger partial charge >= 0.3 is 0 Å². The minimum Gasteiger partial charge on any atom is -0.310 e. The standard InChI is InChI=1S/C19H32N2/c1-16(2)19(18-8-5-4-6-9-18)20-12-7-13-21-14-10-17(3)11-15-21/h4-6,8-9,16-17,19-20H,7,10-15H2,1-3H3. The van der Waals surface area contributed by atoms with E-state index in [1.54, 1.807) is 0 Å². The third kappa shape index (κ3) is 5.44. The first kappa shape index (κ1) is 16.5. The minimum absolute atomic E-state index is 0.479. The lowest BCUT2D eigenvalue weighted by atomic mass is 9.96. The predicted molar refractivity (Wildman–Crippen MR) is 91.5 cm³/mol. The zero-order valence-electron chi connectivity index (χ0n) is 14.0. The van der Waals surface area contributed by atoms with Gasteiger partial charge in [-0.2, -0.15) is 0 Å². The van der Waals surface area contributed by atoms with Crippen molar-refractivity contribution in [3.05, 3.63) is 35.9 Å². The van der Waals surface area contributed by atoms with Crippen molar-refractivity contribution in [1.82, 2.24) is 10.2 Å². The van der Waals surface area contributed by atoms with Crippen LogP contribution in [-0.2, 0) is 0 Å². The lowest BCUT2D eigenvalue weighted by Crippen LogP contribution is -2.35. The van der Waals surface area contributed by atoms with E-state index in [1.165, 1.54) is 44.5 Å². The van der Waals surface area contributed by atoms with Crippen LogP contribution < -0.4 is 5.32 Å². The van der Waals surface area contributed by atoms with Crippen LogP contribution in [0, 0.1) is 11.8 Å². The monoisotopic (exact) mass is 288 g/mol. The van der Waals surface area contributed by atoms with Crippen LogP contribution in [0.3, 0.4) is 0 Å². The third-order valence-corrected chi connectivity index (χ3v) is 4.72. The minimum atomic E-state index is 0.479. The summed E-state index contributed by atoms with van der Waals surface area (Å²) in [7, 11) is 0. The molecule has 2 heteroatoms. The zero-order chi connectivity index (χ0) is 15.1. The molecule has 2 nitrogen and oxygen atoms in total. The molecule has 1 aromatic carbocycles. The van der Waals surface area contributed by atoms with Gasteiger partial charge in [-0.15, -0.1) is 0 Å². The molecule has 0 aliphatic carbocycles. The van der Waals surface area contributed by atoms with Crippen molar-refractivity contribution in [3.63, 3.8) is 0 Å². The molecule has 0 radical (unpaired) electrons. The molecule has 1 aliphatic heterocycles. The van der Waals surface area contributed by atoms with Gasteiger partial charge in [0.1, 0.15) is 0 Å². The molecule has 1 heterocycles. The van der Waals surface area contributed by atoms with Crippen molar-refractivity contribution < 1.29 is 0 Å². The Balaban J connectivity index is 1.71. The molecule has 0 saturated carbocycles. The van der Waals surface area contributed by atoms with Crippen LogP contribution >= 0.6 is 0 Å². The van der Waals surface area contributed by atoms with Crippen LogP contribution in [0.4, 0.5) is 0 Å². The number of likely N-dealkylation sites (tertiary alicyclic amines) is 1. The van der Waals surface area contributed by atoms with Crippen LogP contribution in [0.5, 0.6) is 0 Å². The maximum atomic E-state index is 3.76. The summed E-state index contributed by atoms with van der Waals surface area (Å²) in [6.45, 7) is 11.9. The first-order valence-corrected chi connectivity index (χ1v) is 8.67. The molecule has 1 fully saturated rings. The number of nitrogens with zero attached hydrogens (tertiary/aromatic N) is 1. The van der Waals surface area contributed by atoms with Crippen LogP contribution in [0.1, 0.15) is 51.6 Å². The third-order valence-electron chi connectivity index (χ3n) is 4.72. The number of hydrogen-bond acceptors (Lipinski definition) is 2. The van der Waals surface area contributed by atoms with E-state index in [0.29, 0.717) is 12.0 Å². The molecule has 0 spiro atoms. The Hall–Kier alpha value is -0.860. The number of rotatable bonds is 7. The molecule has 21 heavy (non-hydrogen) atoms. The highest BCUT2D eigenvalue weighted by atomic mass is 15.1. The maximum absolute atomic E-state index is 3.76. The van der Waals surface area contributed by atoms with Gasteiger partial charge in [-0.25, -0.2) is 0 Å². The molecule has 1 atom stereocenters. The van der Waals surface area contributed by atoms with E-state index in [9.17, 15) is 0 Å². The van der Waals surface area contributed by atoms with E-state index in [1.807, 2.05) is 0 Å². The second-order valence-corrected chi connectivity index (χ2v) is 6.96. The van der Waals surface area contributed by atoms with E-state index in [2.05, 4.69) is 61.3 Å². The van der Waals surface area contributed by atoms with Gasteiger partial charge in [-0.3, -0.25) is 0 Å². The topological polar surface area (TPSA) is 15.3 Å². The highest BCUT2D eigenvalue weighted by Gasteiger charge is 2.16. The largest absolute Gasteiger partial charge is 0.310 e. The summed E-state index contributed by atoms with van der Waals surface area (Å²) in [6, 6.07) is 11.3. The van der Waals surface area contributed by atoms with Crippen molar-refractivity contribution in [2.75, 3.05) is 26.2 Å². The first-order chi connectivity index (χ1) is 10.2. The maximum Gasteiger partial charge on any atom is 0.0343 e. The van der Waals surface area contributed by atoms with Crippen molar-refractivity contribution in [2.24, 2.45) is 11.8 Å². The molecule has 0 bridgehead atoms. The molecule has 1 aliphatic rings. The Labute approximate surface area is 130 Å². The van der Waals surface area contributed by atoms with Gasteiger partial charge in [0.25, 0.3) is 0 Å². The Bertz CT molecular complexity index is 380. The Morgan fingerprint density at radius 2 is 1.81 bits per heavy atom. The van der Waals surface area contributed by atoms with E-state index in [4.69, 9.17) is 0 Å². The summed E-state index contributed by atoms with van der Waals surface area (Å²) in [5.74, 6) is 1.56. The normalized spacial score (nSPS) is 19.0. The summed E-state index contributed by atoms with van der Waals surface area (Å²) in [6.07, 6.45) is 4.02. The van der Waals surface area contributed by atoms with E-state index in [0.717, 1.165) is 12.5 Å². The Kier molecular flexibility index (Phi) is 6.72. The summed E-state index contributed by atoms with van der Waals surface area (Å²) in [5, 5.41) is 3.76. The fraction of sp³-hybridized carbons (Fsp3) is 0.684. The molecule has 2 rings (SSSR count). The summed E-state index contributed by atoms with van der Waals surface area (Å²) < 4.78 is 0. The van der Waals surface area contributed by atoms with Crippen LogP contribution in [-0.4, -0.2) is 31.1 Å². The second kappa shape index (κ2) is 8.55. The second-order valence-electron chi connectivity index (χ2n) is 6.96. The number of piperidine rings is 1. The molecular weight excluding hydrogens is 256 g/mol. The molecule has 1 aromatic rings. The van der Waals surface area contributed by atoms with Crippen molar-refractivity contribution >= 4 is 0 Å². The summed E-state index contributed by atoms with van der Waals surface area (Å²) in [5.41, 5.74) is 1.42. The van der Waals surface area contributed by atoms with Crippen molar-refractivity contribution in [3.8, 4) is 0 Å². The quantitative estimate of drug-likeness (QED) is 0.760. The lowest BCUT2D eigenvalue weighted by Gasteiger charge is -2.30. The van der Waals surface area contributed by atoms with E-state index in [-0.39, 0.29) is 0 Å². The molecule has 0 amide bonds. The van der Waals surface area contributed by atoms with Gasteiger partial charge in [0, 0.05) is 6.04 Å². The number of hydrogen-bond donors (Lipinski definition) is 1. The van der Waals surface area contributed by atoms with Gasteiger partial charge in [0.15, 0.2) is 0 Å². The average Bonchev–Trinajstić information content (AvgIpc) is 2.49. The SMILES string of the molecule is CC1CCN(CCCNC(c2ccccc2)C(C)C)CC1. The van der Waals surface area contributed by atoms with Gasteiger partial charge in [0.2, 0.25) is 0 Å². The van der Waals surface area contributed by atoms with Gasteiger partial charge < -0.3 is 10.2 Å². The molecule has 118 valence electrons. The summed E-state index contributed by atoms with van der Waals surface area (Å²) >= 11 is 0. The fourth-order valence-electron chi connectivity index (χ4n) is 3.24. The lowest BCUT2D eigenvalue weighted by molar-refractivity contribution is 0.189. The molecule has 1 N–H and O–H groups in total. The van der Waals surface area contributed by atoms with Crippen LogP contribution in [0.25, 0.3) is 0 Å². The molecule has 1 saturated heterocycles. The molecule has 1 unspecified atom stereocenters. The predicted octanol–water partition coefficient (Wildman–Crippen LogP) is 4.10. The van der Waals surface area contributed by atoms with Crippen molar-refractivity contribution in [1.29, 1.82) is 0 Å². The smallest absolute Gasteiger partial charge is 0.0343 e. The zero-order valence-corrected chi connectivity index (χ0v) is 14.0. The summed E-state index contributed by atoms with van der Waals surface area (Å²) in [4.78, 5) is 2.63. The fourth-order valence-corrected chi connectivity index (χ4v) is 3.24. The van der Waals surface area contributed by atoms with E-state index >= 15 is 0 Å². The molecular formula is C19H32N2. The van der Waals surface area contributed by atoms with Gasteiger partial charge in [0.05, 0.1) is 0 Å². The van der Waals surface area contributed by atoms with Gasteiger partial charge in [-0.1, -0.05) is 51.1 Å². The molecule has 0 aromatic heterocycles. The Morgan fingerprint density at radius 1 is 1.14 bits per heavy atom. The van der Waals surface area contributed by atoms with Crippen molar-refractivity contribution in [2.45, 2.75) is 46.1 Å². The highest BCUT2D eigenvalue weighted by molar-refractivity contribution is 5.19. The number of nitrogens with one attached hydrogen (secondary N) is 1. The Morgan fingerprint density at radius 3 is 2.43 bits per heavy atom. The first-order valence-electron chi connectivity index (χ1n) is 8.67. The van der Waals surface area contributed by atoms with Crippen LogP contribution in [0.15, 0.2) is 30.3 Å². The highest BCUT2D eigenvalue weighted by Crippen LogP contribution is 2.21. The van der Waals surface area contributed by atoms with Gasteiger partial charge in [-0.05, 0) is 62.8 Å². The van der Waals surface area contributed by atoms with E-state index < -0.39 is 0 Å². The average molecular weight is 288 g/mol. The number of benzene rings is 1.